The highest BCUT2D eigenvalue weighted by molar-refractivity contribution is 5.81. The minimum atomic E-state index is 0.414. The lowest BCUT2D eigenvalue weighted by Gasteiger charge is -1.87. The lowest BCUT2D eigenvalue weighted by Crippen LogP contribution is -1.75. The van der Waals surface area contributed by atoms with Crippen molar-refractivity contribution in [3.05, 3.63) is 36.1 Å². The van der Waals surface area contributed by atoms with E-state index in [2.05, 4.69) is 6.07 Å². The zero-order chi connectivity index (χ0) is 10.4. The molecule has 2 nitrogen and oxygen atoms in total. The summed E-state index contributed by atoms with van der Waals surface area (Å²) in [7, 11) is 0. The number of benzene rings is 1. The number of rotatable bonds is 1. The number of furan rings is 1. The maximum absolute atomic E-state index is 8.51. The summed E-state index contributed by atoms with van der Waals surface area (Å²) in [5.41, 5.74) is 1.82. The molecule has 0 amide bonds. The van der Waals surface area contributed by atoms with Crippen LogP contribution in [0.1, 0.15) is 19.4 Å². The van der Waals surface area contributed by atoms with Gasteiger partial charge in [-0.2, -0.15) is 5.26 Å². The molecule has 0 fully saturated rings. The Balaban J connectivity index is 0.000000461. The van der Waals surface area contributed by atoms with Crippen LogP contribution in [0.4, 0.5) is 0 Å². The first-order chi connectivity index (χ1) is 6.92. The van der Waals surface area contributed by atoms with Crippen LogP contribution in [0.2, 0.25) is 0 Å². The summed E-state index contributed by atoms with van der Waals surface area (Å²) in [6.07, 6.45) is 2.06. The average molecular weight is 187 g/mol. The van der Waals surface area contributed by atoms with Gasteiger partial charge in [-0.25, -0.2) is 0 Å². The van der Waals surface area contributed by atoms with Crippen LogP contribution in [0, 0.1) is 11.3 Å². The van der Waals surface area contributed by atoms with E-state index in [1.165, 1.54) is 0 Å². The van der Waals surface area contributed by atoms with Gasteiger partial charge < -0.3 is 4.42 Å². The maximum atomic E-state index is 8.51. The largest absolute Gasteiger partial charge is 0.464 e. The normalized spacial score (nSPS) is 8.93. The monoisotopic (exact) mass is 187 g/mol. The molecular weight excluding hydrogens is 174 g/mol. The first-order valence-electron chi connectivity index (χ1n) is 4.74. The smallest absolute Gasteiger partial charge is 0.134 e. The molecule has 2 rings (SSSR count). The molecule has 0 N–H and O–H groups in total. The number of para-hydroxylation sites is 1. The fourth-order valence-electron chi connectivity index (χ4n) is 1.25. The van der Waals surface area contributed by atoms with Crippen LogP contribution in [-0.2, 0) is 6.42 Å². The Bertz CT molecular complexity index is 437. The van der Waals surface area contributed by atoms with E-state index in [4.69, 9.17) is 9.68 Å². The van der Waals surface area contributed by atoms with E-state index < -0.39 is 0 Å². The van der Waals surface area contributed by atoms with E-state index in [-0.39, 0.29) is 0 Å². The van der Waals surface area contributed by atoms with Crippen LogP contribution in [-0.4, -0.2) is 0 Å². The molecule has 0 saturated carbocycles. The number of nitrogens with zero attached hydrogens (tertiary/aromatic N) is 1. The van der Waals surface area contributed by atoms with Crippen LogP contribution in [0.3, 0.4) is 0 Å². The Morgan fingerprint density at radius 3 is 2.71 bits per heavy atom. The van der Waals surface area contributed by atoms with Crippen molar-refractivity contribution in [2.75, 3.05) is 0 Å². The van der Waals surface area contributed by atoms with Gasteiger partial charge >= 0.3 is 0 Å². The van der Waals surface area contributed by atoms with Gasteiger partial charge in [0.2, 0.25) is 0 Å². The molecule has 72 valence electrons. The second kappa shape index (κ2) is 5.08. The lowest BCUT2D eigenvalue weighted by molar-refractivity contribution is 0.612. The van der Waals surface area contributed by atoms with Crippen LogP contribution in [0.25, 0.3) is 11.0 Å². The zero-order valence-electron chi connectivity index (χ0n) is 8.45. The Kier molecular flexibility index (Phi) is 3.75. The van der Waals surface area contributed by atoms with Crippen molar-refractivity contribution in [2.24, 2.45) is 0 Å². The molecule has 0 aliphatic rings. The standard InChI is InChI=1S/C10H7NO.C2H6/c11-6-5-8-7-12-10-4-2-1-3-9(8)10;1-2/h1-4,7H,5H2;1-2H3. The first-order valence-corrected chi connectivity index (χ1v) is 4.74. The van der Waals surface area contributed by atoms with Gasteiger partial charge in [0.15, 0.2) is 0 Å². The summed E-state index contributed by atoms with van der Waals surface area (Å²) in [5.74, 6) is 0. The lowest BCUT2D eigenvalue weighted by atomic mass is 10.1. The maximum Gasteiger partial charge on any atom is 0.134 e. The van der Waals surface area contributed by atoms with Crippen LogP contribution in [0.5, 0.6) is 0 Å². The molecule has 0 atom stereocenters. The van der Waals surface area contributed by atoms with E-state index in [0.717, 1.165) is 16.5 Å². The van der Waals surface area contributed by atoms with Gasteiger partial charge in [-0.3, -0.25) is 0 Å². The Morgan fingerprint density at radius 2 is 2.00 bits per heavy atom. The van der Waals surface area contributed by atoms with E-state index in [1.807, 2.05) is 38.1 Å². The number of hydrogen-bond donors (Lipinski definition) is 0. The van der Waals surface area contributed by atoms with Crippen molar-refractivity contribution in [3.8, 4) is 6.07 Å². The molecule has 0 bridgehead atoms. The molecule has 2 aromatic rings. The number of fused-ring (bicyclic) bond motifs is 1. The van der Waals surface area contributed by atoms with Crippen LogP contribution >= 0.6 is 0 Å². The van der Waals surface area contributed by atoms with Crippen molar-refractivity contribution in [1.29, 1.82) is 5.26 Å². The third-order valence-corrected chi connectivity index (χ3v) is 1.83. The molecule has 2 heteroatoms. The van der Waals surface area contributed by atoms with Crippen molar-refractivity contribution in [1.82, 2.24) is 0 Å². The molecule has 1 aromatic heterocycles. The van der Waals surface area contributed by atoms with Crippen molar-refractivity contribution < 1.29 is 4.42 Å². The summed E-state index contributed by atoms with van der Waals surface area (Å²) >= 11 is 0. The highest BCUT2D eigenvalue weighted by Gasteiger charge is 2.02. The van der Waals surface area contributed by atoms with Gasteiger partial charge in [-0.15, -0.1) is 0 Å². The highest BCUT2D eigenvalue weighted by Crippen LogP contribution is 2.20. The molecule has 0 aliphatic heterocycles. The summed E-state index contributed by atoms with van der Waals surface area (Å²) in [4.78, 5) is 0. The van der Waals surface area contributed by atoms with E-state index in [0.29, 0.717) is 6.42 Å². The molecule has 0 radical (unpaired) electrons. The molecule has 0 spiro atoms. The molecule has 14 heavy (non-hydrogen) atoms. The third-order valence-electron chi connectivity index (χ3n) is 1.83. The summed E-state index contributed by atoms with van der Waals surface area (Å²) < 4.78 is 5.25. The van der Waals surface area contributed by atoms with Crippen molar-refractivity contribution >= 4 is 11.0 Å². The number of hydrogen-bond acceptors (Lipinski definition) is 2. The predicted octanol–water partition coefficient (Wildman–Crippen LogP) is 3.53. The number of nitriles is 1. The van der Waals surface area contributed by atoms with Crippen LogP contribution in [0.15, 0.2) is 34.9 Å². The van der Waals surface area contributed by atoms with E-state index >= 15 is 0 Å². The van der Waals surface area contributed by atoms with Gasteiger partial charge in [0.05, 0.1) is 18.8 Å². The Hall–Kier alpha value is -1.75. The van der Waals surface area contributed by atoms with Gasteiger partial charge in [0.1, 0.15) is 5.58 Å². The highest BCUT2D eigenvalue weighted by atomic mass is 16.3. The molecule has 0 unspecified atom stereocenters. The minimum absolute atomic E-state index is 0.414. The molecule has 1 aromatic carbocycles. The Morgan fingerprint density at radius 1 is 1.29 bits per heavy atom. The third kappa shape index (κ3) is 1.94. The van der Waals surface area contributed by atoms with Crippen molar-refractivity contribution in [3.63, 3.8) is 0 Å². The SMILES string of the molecule is CC.N#CCc1coc2ccccc12. The van der Waals surface area contributed by atoms with Crippen molar-refractivity contribution in [2.45, 2.75) is 20.3 Å². The fraction of sp³-hybridized carbons (Fsp3) is 0.250. The molecule has 1 heterocycles. The van der Waals surface area contributed by atoms with Gasteiger partial charge in [-0.1, -0.05) is 32.0 Å². The zero-order valence-corrected chi connectivity index (χ0v) is 8.45. The first kappa shape index (κ1) is 10.3. The topological polar surface area (TPSA) is 36.9 Å². The molecule has 0 aliphatic carbocycles. The van der Waals surface area contributed by atoms with Crippen LogP contribution < -0.4 is 0 Å². The summed E-state index contributed by atoms with van der Waals surface area (Å²) in [5, 5.41) is 9.55. The average Bonchev–Trinajstić information content (AvgIpc) is 2.66. The van der Waals surface area contributed by atoms with E-state index in [1.54, 1.807) is 6.26 Å². The van der Waals surface area contributed by atoms with E-state index in [9.17, 15) is 0 Å². The quantitative estimate of drug-likeness (QED) is 0.684. The Labute approximate surface area is 83.8 Å². The molecular formula is C12H13NO. The fourth-order valence-corrected chi connectivity index (χ4v) is 1.25. The van der Waals surface area contributed by atoms with Gasteiger partial charge in [-0.05, 0) is 6.07 Å². The second-order valence-electron chi connectivity index (χ2n) is 2.59. The predicted molar refractivity (Wildman–Crippen MR) is 56.9 cm³/mol. The minimum Gasteiger partial charge on any atom is -0.464 e. The van der Waals surface area contributed by atoms with Gasteiger partial charge in [0, 0.05) is 10.9 Å². The second-order valence-corrected chi connectivity index (χ2v) is 2.59. The van der Waals surface area contributed by atoms with Gasteiger partial charge in [0.25, 0.3) is 0 Å². The summed E-state index contributed by atoms with van der Waals surface area (Å²) in [6.45, 7) is 4.00. The summed E-state index contributed by atoms with van der Waals surface area (Å²) in [6, 6.07) is 9.83. The molecule has 0 saturated heterocycles.